The monoisotopic (exact) mass is 338 g/mol. The Morgan fingerprint density at radius 1 is 1.12 bits per heavy atom. The lowest BCUT2D eigenvalue weighted by Crippen LogP contribution is -2.51. The van der Waals surface area contributed by atoms with Gasteiger partial charge in [-0.25, -0.2) is 8.78 Å². The molecule has 0 radical (unpaired) electrons. The van der Waals surface area contributed by atoms with Gasteiger partial charge in [-0.2, -0.15) is 0 Å². The summed E-state index contributed by atoms with van der Waals surface area (Å²) in [5.74, 6) is -2.06. The van der Waals surface area contributed by atoms with Crippen molar-refractivity contribution in [3.8, 4) is 0 Å². The van der Waals surface area contributed by atoms with E-state index in [2.05, 4.69) is 0 Å². The molecule has 0 atom stereocenters. The van der Waals surface area contributed by atoms with E-state index in [9.17, 15) is 23.5 Å². The van der Waals surface area contributed by atoms with Gasteiger partial charge in [0.2, 0.25) is 5.91 Å². The first-order chi connectivity index (χ1) is 11.4. The number of carboxylic acid groups (broad SMARTS) is 1. The van der Waals surface area contributed by atoms with Crippen LogP contribution in [0.25, 0.3) is 0 Å². The van der Waals surface area contributed by atoms with Crippen LogP contribution in [0, 0.1) is 17.0 Å². The standard InChI is InChI=1S/C17H20F2N2O3/c18-12-2-3-13(19)14(10-12)20-6-8-21(9-7-20)15(22)11-17(16(23)24)4-1-5-17/h2-3,10H,1,4-9,11H2,(H,23,24). The van der Waals surface area contributed by atoms with Gasteiger partial charge in [-0.15, -0.1) is 0 Å². The van der Waals surface area contributed by atoms with Crippen molar-refractivity contribution in [3.63, 3.8) is 0 Å². The van der Waals surface area contributed by atoms with Crippen LogP contribution < -0.4 is 4.90 Å². The zero-order chi connectivity index (χ0) is 17.3. The topological polar surface area (TPSA) is 60.9 Å². The van der Waals surface area contributed by atoms with Crippen LogP contribution in [0.3, 0.4) is 0 Å². The van der Waals surface area contributed by atoms with Gasteiger partial charge in [0.15, 0.2) is 0 Å². The first-order valence-electron chi connectivity index (χ1n) is 8.12. The molecule has 1 saturated carbocycles. The maximum Gasteiger partial charge on any atom is 0.310 e. The molecule has 2 fully saturated rings. The van der Waals surface area contributed by atoms with Crippen LogP contribution in [0.15, 0.2) is 18.2 Å². The average molecular weight is 338 g/mol. The quantitative estimate of drug-likeness (QED) is 0.915. The Labute approximate surface area is 138 Å². The number of amides is 1. The highest BCUT2D eigenvalue weighted by atomic mass is 19.1. The molecule has 0 aromatic heterocycles. The van der Waals surface area contributed by atoms with Crippen LogP contribution in [0.1, 0.15) is 25.7 Å². The average Bonchev–Trinajstić information content (AvgIpc) is 2.53. The third-order valence-corrected chi connectivity index (χ3v) is 5.14. The number of nitrogens with zero attached hydrogens (tertiary/aromatic N) is 2. The van der Waals surface area contributed by atoms with Gasteiger partial charge < -0.3 is 14.9 Å². The predicted molar refractivity (Wildman–Crippen MR) is 83.7 cm³/mol. The van der Waals surface area contributed by atoms with E-state index in [1.54, 1.807) is 9.80 Å². The summed E-state index contributed by atoms with van der Waals surface area (Å²) in [6, 6.07) is 3.32. The van der Waals surface area contributed by atoms with Gasteiger partial charge in [-0.1, -0.05) is 6.42 Å². The van der Waals surface area contributed by atoms with E-state index in [-0.39, 0.29) is 18.0 Å². The number of carboxylic acids is 1. The largest absolute Gasteiger partial charge is 0.481 e. The molecular formula is C17H20F2N2O3. The third-order valence-electron chi connectivity index (χ3n) is 5.14. The first kappa shape index (κ1) is 16.7. The van der Waals surface area contributed by atoms with Gasteiger partial charge in [0.1, 0.15) is 11.6 Å². The summed E-state index contributed by atoms with van der Waals surface area (Å²) in [6.07, 6.45) is 1.95. The molecule has 1 aliphatic heterocycles. The second-order valence-corrected chi connectivity index (χ2v) is 6.58. The molecule has 1 aliphatic carbocycles. The number of carbonyl (C=O) groups excluding carboxylic acids is 1. The van der Waals surface area contributed by atoms with Gasteiger partial charge in [0, 0.05) is 38.7 Å². The lowest BCUT2D eigenvalue weighted by Gasteiger charge is -2.41. The Morgan fingerprint density at radius 3 is 2.33 bits per heavy atom. The summed E-state index contributed by atoms with van der Waals surface area (Å²) in [4.78, 5) is 27.1. The molecule has 5 nitrogen and oxygen atoms in total. The van der Waals surface area contributed by atoms with Gasteiger partial charge >= 0.3 is 5.97 Å². The van der Waals surface area contributed by atoms with Crippen molar-refractivity contribution in [2.75, 3.05) is 31.1 Å². The number of halogens is 2. The van der Waals surface area contributed by atoms with Crippen LogP contribution in [0.4, 0.5) is 14.5 Å². The van der Waals surface area contributed by atoms with Crippen molar-refractivity contribution in [2.45, 2.75) is 25.7 Å². The van der Waals surface area contributed by atoms with Gasteiger partial charge in [0.25, 0.3) is 0 Å². The fourth-order valence-corrected chi connectivity index (χ4v) is 3.40. The fourth-order valence-electron chi connectivity index (χ4n) is 3.40. The molecule has 1 heterocycles. The zero-order valence-electron chi connectivity index (χ0n) is 13.3. The van der Waals surface area contributed by atoms with Crippen LogP contribution in [-0.4, -0.2) is 48.1 Å². The van der Waals surface area contributed by atoms with E-state index in [1.807, 2.05) is 0 Å². The third kappa shape index (κ3) is 3.07. The van der Waals surface area contributed by atoms with Gasteiger partial charge in [-0.05, 0) is 25.0 Å². The number of rotatable bonds is 4. The summed E-state index contributed by atoms with van der Waals surface area (Å²) in [5, 5.41) is 9.32. The van der Waals surface area contributed by atoms with Crippen molar-refractivity contribution in [3.05, 3.63) is 29.8 Å². The number of hydrogen-bond acceptors (Lipinski definition) is 3. The highest BCUT2D eigenvalue weighted by molar-refractivity contribution is 5.85. The van der Waals surface area contributed by atoms with Crippen molar-refractivity contribution in [2.24, 2.45) is 5.41 Å². The number of piperazine rings is 1. The van der Waals surface area contributed by atoms with Gasteiger partial charge in [-0.3, -0.25) is 9.59 Å². The molecule has 24 heavy (non-hydrogen) atoms. The summed E-state index contributed by atoms with van der Waals surface area (Å²) in [6.45, 7) is 1.55. The van der Waals surface area contributed by atoms with Crippen molar-refractivity contribution < 1.29 is 23.5 Å². The van der Waals surface area contributed by atoms with E-state index >= 15 is 0 Å². The maximum atomic E-state index is 13.8. The smallest absolute Gasteiger partial charge is 0.310 e. The Hall–Kier alpha value is -2.18. The molecule has 0 unspecified atom stereocenters. The summed E-state index contributed by atoms with van der Waals surface area (Å²) >= 11 is 0. The predicted octanol–water partition coefficient (Wildman–Crippen LogP) is 2.26. The van der Waals surface area contributed by atoms with E-state index in [1.165, 1.54) is 0 Å². The van der Waals surface area contributed by atoms with E-state index in [0.29, 0.717) is 39.0 Å². The Morgan fingerprint density at radius 2 is 1.79 bits per heavy atom. The SMILES string of the molecule is O=C(CC1(C(=O)O)CCC1)N1CCN(c2cc(F)ccc2F)CC1. The summed E-state index contributed by atoms with van der Waals surface area (Å²) < 4.78 is 27.1. The zero-order valence-corrected chi connectivity index (χ0v) is 13.3. The molecule has 1 aromatic rings. The minimum Gasteiger partial charge on any atom is -0.481 e. The number of anilines is 1. The molecule has 130 valence electrons. The molecule has 1 amide bonds. The molecule has 0 spiro atoms. The number of carbonyl (C=O) groups is 2. The molecule has 1 saturated heterocycles. The van der Waals surface area contributed by atoms with Gasteiger partial charge in [0.05, 0.1) is 11.1 Å². The minimum atomic E-state index is -0.900. The number of benzene rings is 1. The highest BCUT2D eigenvalue weighted by Gasteiger charge is 2.46. The molecule has 3 rings (SSSR count). The molecular weight excluding hydrogens is 318 g/mol. The minimum absolute atomic E-state index is 0.0245. The van der Waals surface area contributed by atoms with Crippen LogP contribution in [0.5, 0.6) is 0 Å². The molecule has 1 aromatic carbocycles. The fraction of sp³-hybridized carbons (Fsp3) is 0.529. The van der Waals surface area contributed by atoms with E-state index in [4.69, 9.17) is 0 Å². The Balaban J connectivity index is 1.60. The lowest BCUT2D eigenvalue weighted by atomic mass is 9.66. The summed E-state index contributed by atoms with van der Waals surface area (Å²) in [7, 11) is 0. The number of hydrogen-bond donors (Lipinski definition) is 1. The Kier molecular flexibility index (Phi) is 4.43. The van der Waals surface area contributed by atoms with Crippen molar-refractivity contribution in [1.82, 2.24) is 4.90 Å². The first-order valence-corrected chi connectivity index (χ1v) is 8.12. The number of aliphatic carboxylic acids is 1. The van der Waals surface area contributed by atoms with Crippen LogP contribution in [-0.2, 0) is 9.59 Å². The molecule has 7 heteroatoms. The van der Waals surface area contributed by atoms with Crippen LogP contribution in [0.2, 0.25) is 0 Å². The molecule has 2 aliphatic rings. The molecule has 0 bridgehead atoms. The van der Waals surface area contributed by atoms with E-state index < -0.39 is 23.0 Å². The second-order valence-electron chi connectivity index (χ2n) is 6.58. The molecule has 1 N–H and O–H groups in total. The normalized spacial score (nSPS) is 19.8. The van der Waals surface area contributed by atoms with Crippen LogP contribution >= 0.6 is 0 Å². The highest BCUT2D eigenvalue weighted by Crippen LogP contribution is 2.44. The van der Waals surface area contributed by atoms with Crippen molar-refractivity contribution >= 4 is 17.6 Å². The van der Waals surface area contributed by atoms with E-state index in [0.717, 1.165) is 24.6 Å². The summed E-state index contributed by atoms with van der Waals surface area (Å²) in [5.41, 5.74) is -0.703. The Bertz CT molecular complexity index is 653. The lowest BCUT2D eigenvalue weighted by molar-refractivity contribution is -0.159. The second kappa shape index (κ2) is 6.37. The van der Waals surface area contributed by atoms with Crippen molar-refractivity contribution in [1.29, 1.82) is 0 Å². The maximum absolute atomic E-state index is 13.8.